The van der Waals surface area contributed by atoms with Crippen molar-refractivity contribution in [3.8, 4) is 0 Å². The van der Waals surface area contributed by atoms with E-state index >= 15 is 0 Å². The first-order valence-electron chi connectivity index (χ1n) is 9.21. The van der Waals surface area contributed by atoms with E-state index in [9.17, 15) is 9.90 Å². The van der Waals surface area contributed by atoms with Gasteiger partial charge in [-0.25, -0.2) is 0 Å². The molecule has 0 aromatic carbocycles. The summed E-state index contributed by atoms with van der Waals surface area (Å²) in [5.74, 6) is 0.0310. The van der Waals surface area contributed by atoms with E-state index in [1.54, 1.807) is 0 Å². The Kier molecular flexibility index (Phi) is 5.25. The van der Waals surface area contributed by atoms with Crippen molar-refractivity contribution in [1.29, 1.82) is 0 Å². The van der Waals surface area contributed by atoms with Crippen LogP contribution in [0.1, 0.15) is 60.3 Å². The van der Waals surface area contributed by atoms with Gasteiger partial charge in [0.1, 0.15) is 0 Å². The molecule has 0 bridgehead atoms. The second-order valence-electron chi connectivity index (χ2n) is 7.70. The number of nitrogens with zero attached hydrogens (tertiary/aromatic N) is 3. The third-order valence-corrected chi connectivity index (χ3v) is 5.32. The van der Waals surface area contributed by atoms with E-state index in [2.05, 4.69) is 10.2 Å². The second-order valence-corrected chi connectivity index (χ2v) is 7.70. The number of hydrogen-bond donors (Lipinski definition) is 2. The summed E-state index contributed by atoms with van der Waals surface area (Å²) in [6.45, 7) is 1.95. The number of H-pyrrole nitrogens is 1. The van der Waals surface area contributed by atoms with Crippen LogP contribution in [0.15, 0.2) is 0 Å². The van der Waals surface area contributed by atoms with Gasteiger partial charge in [-0.2, -0.15) is 5.10 Å². The van der Waals surface area contributed by atoms with Gasteiger partial charge >= 0.3 is 0 Å². The Morgan fingerprint density at radius 3 is 2.79 bits per heavy atom. The first-order chi connectivity index (χ1) is 11.5. The van der Waals surface area contributed by atoms with Crippen LogP contribution in [-0.2, 0) is 12.8 Å². The molecule has 134 valence electrons. The van der Waals surface area contributed by atoms with E-state index in [1.807, 2.05) is 23.9 Å². The van der Waals surface area contributed by atoms with Crippen LogP contribution in [0.25, 0.3) is 0 Å². The number of carbonyl (C=O) groups is 1. The van der Waals surface area contributed by atoms with Crippen molar-refractivity contribution in [2.45, 2.75) is 57.0 Å². The molecule has 6 nitrogen and oxygen atoms in total. The van der Waals surface area contributed by atoms with Crippen molar-refractivity contribution < 1.29 is 9.90 Å². The standard InChI is InChI=1S/C18H30N4O2/c1-21(2)13-18(24)9-6-11-22(12-10-18)17(23)16-14-7-4-3-5-8-15(14)19-20-16/h24H,3-13H2,1-2H3,(H,19,20)/t18-/m1/s1. The maximum Gasteiger partial charge on any atom is 0.274 e. The monoisotopic (exact) mass is 334 g/mol. The highest BCUT2D eigenvalue weighted by Crippen LogP contribution is 2.26. The summed E-state index contributed by atoms with van der Waals surface area (Å²) in [5.41, 5.74) is 2.20. The first kappa shape index (κ1) is 17.4. The molecule has 1 saturated heterocycles. The summed E-state index contributed by atoms with van der Waals surface area (Å²) < 4.78 is 0. The van der Waals surface area contributed by atoms with Crippen LogP contribution in [0.5, 0.6) is 0 Å². The lowest BCUT2D eigenvalue weighted by atomic mass is 9.94. The van der Waals surface area contributed by atoms with Crippen molar-refractivity contribution >= 4 is 5.91 Å². The van der Waals surface area contributed by atoms with Crippen LogP contribution < -0.4 is 0 Å². The molecule has 3 rings (SSSR count). The molecule has 1 aromatic heterocycles. The number of aliphatic hydroxyl groups is 1. The summed E-state index contributed by atoms with van der Waals surface area (Å²) in [7, 11) is 3.95. The molecule has 1 aliphatic carbocycles. The Morgan fingerprint density at radius 1 is 1.21 bits per heavy atom. The number of hydrogen-bond acceptors (Lipinski definition) is 4. The predicted molar refractivity (Wildman–Crippen MR) is 93.1 cm³/mol. The minimum absolute atomic E-state index is 0.0310. The van der Waals surface area contributed by atoms with Gasteiger partial charge in [0, 0.05) is 30.9 Å². The Balaban J connectivity index is 1.71. The van der Waals surface area contributed by atoms with Gasteiger partial charge in [-0.05, 0) is 59.0 Å². The Bertz CT molecular complexity index is 584. The molecular formula is C18H30N4O2. The number of carbonyl (C=O) groups excluding carboxylic acids is 1. The molecule has 0 saturated carbocycles. The van der Waals surface area contributed by atoms with Crippen molar-refractivity contribution in [3.05, 3.63) is 17.0 Å². The van der Waals surface area contributed by atoms with Gasteiger partial charge in [0.15, 0.2) is 5.69 Å². The molecule has 24 heavy (non-hydrogen) atoms. The molecule has 1 fully saturated rings. The quantitative estimate of drug-likeness (QED) is 0.824. The lowest BCUT2D eigenvalue weighted by Crippen LogP contribution is -2.41. The highest BCUT2D eigenvalue weighted by molar-refractivity contribution is 5.94. The van der Waals surface area contributed by atoms with Crippen LogP contribution >= 0.6 is 0 Å². The lowest BCUT2D eigenvalue weighted by molar-refractivity contribution is 0.00303. The van der Waals surface area contributed by atoms with E-state index in [1.165, 1.54) is 12.8 Å². The maximum atomic E-state index is 13.0. The van der Waals surface area contributed by atoms with Crippen LogP contribution in [0.4, 0.5) is 0 Å². The van der Waals surface area contributed by atoms with Gasteiger partial charge < -0.3 is 14.9 Å². The number of likely N-dealkylation sites (tertiary alicyclic amines) is 1. The number of nitrogens with one attached hydrogen (secondary N) is 1. The largest absolute Gasteiger partial charge is 0.388 e. The summed E-state index contributed by atoms with van der Waals surface area (Å²) >= 11 is 0. The smallest absolute Gasteiger partial charge is 0.274 e. The first-order valence-corrected chi connectivity index (χ1v) is 9.21. The molecule has 2 heterocycles. The van der Waals surface area contributed by atoms with E-state index in [0.29, 0.717) is 31.7 Å². The third kappa shape index (κ3) is 3.81. The number of fused-ring (bicyclic) bond motifs is 1. The molecule has 1 aliphatic heterocycles. The zero-order chi connectivity index (χ0) is 17.2. The summed E-state index contributed by atoms with van der Waals surface area (Å²) in [6, 6.07) is 0. The van der Waals surface area contributed by atoms with Crippen molar-refractivity contribution in [2.24, 2.45) is 0 Å². The highest BCUT2D eigenvalue weighted by Gasteiger charge is 2.33. The molecule has 0 spiro atoms. The molecule has 1 atom stereocenters. The molecule has 2 N–H and O–H groups in total. The molecule has 6 heteroatoms. The molecule has 1 aromatic rings. The van der Waals surface area contributed by atoms with E-state index < -0.39 is 5.60 Å². The zero-order valence-electron chi connectivity index (χ0n) is 15.0. The summed E-state index contributed by atoms with van der Waals surface area (Å²) in [6.07, 6.45) is 7.68. The predicted octanol–water partition coefficient (Wildman–Crippen LogP) is 1.60. The summed E-state index contributed by atoms with van der Waals surface area (Å²) in [4.78, 5) is 16.9. The lowest BCUT2D eigenvalue weighted by Gasteiger charge is -2.29. The van der Waals surface area contributed by atoms with E-state index in [0.717, 1.165) is 43.4 Å². The van der Waals surface area contributed by atoms with Crippen LogP contribution in [0.3, 0.4) is 0 Å². The van der Waals surface area contributed by atoms with Gasteiger partial charge in [0.25, 0.3) is 5.91 Å². The SMILES string of the molecule is CN(C)C[C@@]1(O)CCCN(C(=O)c2n[nH]c3c2CCCCC3)CC1. The fraction of sp³-hybridized carbons (Fsp3) is 0.778. The van der Waals surface area contributed by atoms with Crippen LogP contribution in [-0.4, -0.2) is 70.3 Å². The number of amides is 1. The number of aromatic nitrogens is 2. The fourth-order valence-corrected chi connectivity index (χ4v) is 4.11. The Labute approximate surface area is 144 Å². The zero-order valence-corrected chi connectivity index (χ0v) is 15.0. The Hall–Kier alpha value is -1.40. The number of likely N-dealkylation sites (N-methyl/N-ethyl adjacent to an activating group) is 1. The molecule has 0 unspecified atom stereocenters. The number of rotatable bonds is 3. The average molecular weight is 334 g/mol. The Morgan fingerprint density at radius 2 is 2.00 bits per heavy atom. The van der Waals surface area contributed by atoms with Gasteiger partial charge in [0.05, 0.1) is 5.60 Å². The topological polar surface area (TPSA) is 72.5 Å². The minimum atomic E-state index is -0.693. The van der Waals surface area contributed by atoms with Gasteiger partial charge in [-0.3, -0.25) is 9.89 Å². The van der Waals surface area contributed by atoms with Gasteiger partial charge in [0.2, 0.25) is 0 Å². The van der Waals surface area contributed by atoms with E-state index in [4.69, 9.17) is 0 Å². The second kappa shape index (κ2) is 7.23. The summed E-state index contributed by atoms with van der Waals surface area (Å²) in [5, 5.41) is 18.2. The molecule has 1 amide bonds. The molecule has 2 aliphatic rings. The van der Waals surface area contributed by atoms with Gasteiger partial charge in [-0.1, -0.05) is 6.42 Å². The van der Waals surface area contributed by atoms with Crippen molar-refractivity contribution in [2.75, 3.05) is 33.7 Å². The minimum Gasteiger partial charge on any atom is -0.388 e. The fourth-order valence-electron chi connectivity index (χ4n) is 4.11. The molecular weight excluding hydrogens is 304 g/mol. The van der Waals surface area contributed by atoms with Crippen molar-refractivity contribution in [3.63, 3.8) is 0 Å². The van der Waals surface area contributed by atoms with Crippen LogP contribution in [0, 0.1) is 0 Å². The third-order valence-electron chi connectivity index (χ3n) is 5.32. The number of aromatic amines is 1. The number of aryl methyl sites for hydroxylation is 1. The highest BCUT2D eigenvalue weighted by atomic mass is 16.3. The normalized spacial score (nSPS) is 25.2. The molecule has 0 radical (unpaired) electrons. The van der Waals surface area contributed by atoms with Gasteiger partial charge in [-0.15, -0.1) is 0 Å². The maximum absolute atomic E-state index is 13.0. The average Bonchev–Trinajstić information content (AvgIpc) is 2.69. The van der Waals surface area contributed by atoms with Crippen LogP contribution in [0.2, 0.25) is 0 Å². The van der Waals surface area contributed by atoms with E-state index in [-0.39, 0.29) is 5.91 Å². The van der Waals surface area contributed by atoms with Crippen molar-refractivity contribution in [1.82, 2.24) is 20.0 Å².